The summed E-state index contributed by atoms with van der Waals surface area (Å²) < 4.78 is 5.21. The molecule has 0 radical (unpaired) electrons. The SMILES string of the molecule is CC(C)(C)c1cc(C=C(C#N)N=NC2=C(C#N)C(=N)COC2)cc(C(C)(C)C)c1O. The first-order valence-corrected chi connectivity index (χ1v) is 9.58. The average molecular weight is 406 g/mol. The van der Waals surface area contributed by atoms with E-state index in [4.69, 9.17) is 10.1 Å². The van der Waals surface area contributed by atoms with Crippen LogP contribution in [0, 0.1) is 28.1 Å². The first-order chi connectivity index (χ1) is 13.9. The van der Waals surface area contributed by atoms with E-state index in [1.54, 1.807) is 6.08 Å². The standard InChI is InChI=1S/C23H27N5O2/c1-22(2,3)17-8-14(9-18(21(17)29)23(4,5)6)7-15(10-24)27-28-20-13-30-12-19(26)16(20)11-25/h7-9,26,29H,12-13H2,1-6H3. The maximum absolute atomic E-state index is 10.8. The molecule has 0 aromatic heterocycles. The first-order valence-electron chi connectivity index (χ1n) is 9.58. The largest absolute Gasteiger partial charge is 0.507 e. The lowest BCUT2D eigenvalue weighted by Crippen LogP contribution is -2.19. The lowest BCUT2D eigenvalue weighted by molar-refractivity contribution is 0.189. The molecule has 0 saturated heterocycles. The van der Waals surface area contributed by atoms with Gasteiger partial charge in [-0.15, -0.1) is 5.11 Å². The van der Waals surface area contributed by atoms with Gasteiger partial charge < -0.3 is 15.3 Å². The van der Waals surface area contributed by atoms with E-state index >= 15 is 0 Å². The number of allylic oxidation sites excluding steroid dienone is 1. The lowest BCUT2D eigenvalue weighted by atomic mass is 9.78. The Morgan fingerprint density at radius 1 is 1.10 bits per heavy atom. The van der Waals surface area contributed by atoms with E-state index in [0.717, 1.165) is 16.7 Å². The molecule has 1 aliphatic heterocycles. The number of ether oxygens (including phenoxy) is 1. The first kappa shape index (κ1) is 23.0. The minimum absolute atomic E-state index is 0.0438. The molecular weight excluding hydrogens is 378 g/mol. The molecule has 1 heterocycles. The second-order valence-corrected chi connectivity index (χ2v) is 9.21. The van der Waals surface area contributed by atoms with Crippen LogP contribution in [0.25, 0.3) is 6.08 Å². The highest BCUT2D eigenvalue weighted by Gasteiger charge is 2.26. The predicted octanol–water partition coefficient (Wildman–Crippen LogP) is 5.13. The summed E-state index contributed by atoms with van der Waals surface area (Å²) in [5.41, 5.74) is 2.12. The van der Waals surface area contributed by atoms with Gasteiger partial charge in [0.1, 0.15) is 29.2 Å². The number of hydrogen-bond donors (Lipinski definition) is 2. The number of nitrogens with one attached hydrogen (secondary N) is 1. The third-order valence-electron chi connectivity index (χ3n) is 4.63. The number of nitriles is 2. The van der Waals surface area contributed by atoms with Gasteiger partial charge in [-0.1, -0.05) is 41.5 Å². The highest BCUT2D eigenvalue weighted by Crippen LogP contribution is 2.40. The number of benzene rings is 1. The van der Waals surface area contributed by atoms with Crippen molar-refractivity contribution >= 4 is 11.8 Å². The molecule has 1 aliphatic rings. The van der Waals surface area contributed by atoms with Gasteiger partial charge in [-0.25, -0.2) is 0 Å². The van der Waals surface area contributed by atoms with Crippen molar-refractivity contribution < 1.29 is 9.84 Å². The summed E-state index contributed by atoms with van der Waals surface area (Å²) in [4.78, 5) is 0. The molecule has 7 heteroatoms. The number of aromatic hydroxyl groups is 1. The summed E-state index contributed by atoms with van der Waals surface area (Å²) in [6.07, 6.45) is 1.59. The van der Waals surface area contributed by atoms with Gasteiger partial charge in [0.25, 0.3) is 0 Å². The summed E-state index contributed by atoms with van der Waals surface area (Å²) in [6, 6.07) is 7.63. The Balaban J connectivity index is 2.56. The molecule has 0 atom stereocenters. The summed E-state index contributed by atoms with van der Waals surface area (Å²) in [7, 11) is 0. The van der Waals surface area contributed by atoms with Gasteiger partial charge in [0, 0.05) is 11.1 Å². The van der Waals surface area contributed by atoms with Gasteiger partial charge >= 0.3 is 0 Å². The Kier molecular flexibility index (Phi) is 6.60. The minimum Gasteiger partial charge on any atom is -0.507 e. The van der Waals surface area contributed by atoms with Gasteiger partial charge in [-0.2, -0.15) is 15.6 Å². The molecule has 2 N–H and O–H groups in total. The molecule has 1 aromatic rings. The quantitative estimate of drug-likeness (QED) is 0.534. The fourth-order valence-electron chi connectivity index (χ4n) is 3.02. The van der Waals surface area contributed by atoms with Gasteiger partial charge in [0.15, 0.2) is 5.70 Å². The lowest BCUT2D eigenvalue weighted by Gasteiger charge is -2.27. The normalized spacial score (nSPS) is 16.0. The smallest absolute Gasteiger partial charge is 0.163 e. The third kappa shape index (κ3) is 5.20. The monoisotopic (exact) mass is 405 g/mol. The van der Waals surface area contributed by atoms with Gasteiger partial charge in [-0.05, 0) is 34.6 Å². The fourth-order valence-corrected chi connectivity index (χ4v) is 3.02. The maximum atomic E-state index is 10.8. The number of azo groups is 1. The zero-order valence-corrected chi connectivity index (χ0v) is 18.3. The molecule has 0 fully saturated rings. The molecule has 30 heavy (non-hydrogen) atoms. The highest BCUT2D eigenvalue weighted by atomic mass is 16.5. The van der Waals surface area contributed by atoms with Crippen LogP contribution in [0.4, 0.5) is 0 Å². The number of rotatable bonds is 3. The summed E-state index contributed by atoms with van der Waals surface area (Å²) >= 11 is 0. The van der Waals surface area contributed by atoms with Crippen molar-refractivity contribution in [3.05, 3.63) is 45.8 Å². The zero-order valence-electron chi connectivity index (χ0n) is 18.3. The second-order valence-electron chi connectivity index (χ2n) is 9.21. The van der Waals surface area contributed by atoms with Crippen LogP contribution in [0.3, 0.4) is 0 Å². The second kappa shape index (κ2) is 8.61. The van der Waals surface area contributed by atoms with E-state index in [9.17, 15) is 15.6 Å². The van der Waals surface area contributed by atoms with E-state index in [2.05, 4.69) is 10.2 Å². The molecule has 1 aromatic carbocycles. The molecule has 0 saturated carbocycles. The Morgan fingerprint density at radius 3 is 2.13 bits per heavy atom. The average Bonchev–Trinajstić information content (AvgIpc) is 2.64. The van der Waals surface area contributed by atoms with Crippen LogP contribution in [0.5, 0.6) is 5.75 Å². The minimum atomic E-state index is -0.297. The number of phenolic OH excluding ortho intramolecular Hbond substituents is 1. The van der Waals surface area contributed by atoms with Crippen LogP contribution >= 0.6 is 0 Å². The van der Waals surface area contributed by atoms with Crippen LogP contribution in [0.2, 0.25) is 0 Å². The molecule has 0 bridgehead atoms. The van der Waals surface area contributed by atoms with Crippen molar-refractivity contribution in [3.63, 3.8) is 0 Å². The predicted molar refractivity (Wildman–Crippen MR) is 115 cm³/mol. The van der Waals surface area contributed by atoms with E-state index in [1.807, 2.05) is 65.8 Å². The van der Waals surface area contributed by atoms with Crippen molar-refractivity contribution in [2.24, 2.45) is 10.2 Å². The number of nitrogens with zero attached hydrogens (tertiary/aromatic N) is 4. The van der Waals surface area contributed by atoms with Crippen LogP contribution in [0.1, 0.15) is 58.2 Å². The summed E-state index contributed by atoms with van der Waals surface area (Å²) in [5, 5.41) is 45.3. The molecule has 0 aliphatic carbocycles. The van der Waals surface area contributed by atoms with Crippen molar-refractivity contribution in [1.29, 1.82) is 15.9 Å². The van der Waals surface area contributed by atoms with Crippen molar-refractivity contribution in [2.75, 3.05) is 13.2 Å². The van der Waals surface area contributed by atoms with E-state index < -0.39 is 0 Å². The molecule has 7 nitrogen and oxygen atoms in total. The van der Waals surface area contributed by atoms with Crippen molar-refractivity contribution in [3.8, 4) is 17.9 Å². The Labute approximate surface area is 177 Å². The van der Waals surface area contributed by atoms with E-state index in [0.29, 0.717) is 0 Å². The molecule has 156 valence electrons. The summed E-state index contributed by atoms with van der Waals surface area (Å²) in [6.45, 7) is 12.2. The molecule has 0 unspecified atom stereocenters. The van der Waals surface area contributed by atoms with Crippen molar-refractivity contribution in [1.82, 2.24) is 0 Å². The Hall–Kier alpha value is -3.29. The molecule has 0 amide bonds. The highest BCUT2D eigenvalue weighted by molar-refractivity contribution is 6.03. The van der Waals surface area contributed by atoms with E-state index in [-0.39, 0.29) is 52.5 Å². The van der Waals surface area contributed by atoms with Crippen LogP contribution < -0.4 is 0 Å². The number of phenols is 1. The fraction of sp³-hybridized carbons (Fsp3) is 0.435. The van der Waals surface area contributed by atoms with E-state index in [1.165, 1.54) is 0 Å². The third-order valence-corrected chi connectivity index (χ3v) is 4.63. The van der Waals surface area contributed by atoms with Gasteiger partial charge in [0.2, 0.25) is 0 Å². The maximum Gasteiger partial charge on any atom is 0.163 e. The van der Waals surface area contributed by atoms with Crippen LogP contribution in [-0.4, -0.2) is 24.0 Å². The molecule has 2 rings (SSSR count). The van der Waals surface area contributed by atoms with Crippen LogP contribution in [0.15, 0.2) is 39.3 Å². The molecular formula is C23H27N5O2. The van der Waals surface area contributed by atoms with Crippen LogP contribution in [-0.2, 0) is 15.6 Å². The molecule has 0 spiro atoms. The zero-order chi connectivity index (χ0) is 22.7. The van der Waals surface area contributed by atoms with Gasteiger partial charge in [-0.3, -0.25) is 0 Å². The number of hydrogen-bond acceptors (Lipinski definition) is 7. The topological polar surface area (TPSA) is 126 Å². The Bertz CT molecular complexity index is 1000. The Morgan fingerprint density at radius 2 is 1.67 bits per heavy atom. The summed E-state index contributed by atoms with van der Waals surface area (Å²) in [5.74, 6) is 0.258. The van der Waals surface area contributed by atoms with Crippen molar-refractivity contribution in [2.45, 2.75) is 52.4 Å². The van der Waals surface area contributed by atoms with Gasteiger partial charge in [0.05, 0.1) is 18.9 Å².